The molecule has 0 saturated heterocycles. The molecular formula is C11H11FN4. The highest BCUT2D eigenvalue weighted by atomic mass is 19.1. The van der Waals surface area contributed by atoms with Crippen LogP contribution in [-0.4, -0.2) is 15.0 Å². The van der Waals surface area contributed by atoms with Gasteiger partial charge in [-0.25, -0.2) is 9.37 Å². The Bertz CT molecular complexity index is 513. The predicted octanol–water partition coefficient (Wildman–Crippen LogP) is 1.82. The van der Waals surface area contributed by atoms with Crippen LogP contribution in [0, 0.1) is 5.82 Å². The zero-order valence-electron chi connectivity index (χ0n) is 8.81. The van der Waals surface area contributed by atoms with Crippen LogP contribution in [0.5, 0.6) is 0 Å². The Kier molecular flexibility index (Phi) is 2.76. The van der Waals surface area contributed by atoms with Gasteiger partial charge in [0.1, 0.15) is 11.6 Å². The Labute approximate surface area is 92.4 Å². The van der Waals surface area contributed by atoms with Gasteiger partial charge in [0.05, 0.1) is 0 Å². The van der Waals surface area contributed by atoms with E-state index < -0.39 is 0 Å². The summed E-state index contributed by atoms with van der Waals surface area (Å²) in [6, 6.07) is 6.08. The molecule has 1 aromatic heterocycles. The molecule has 82 valence electrons. The maximum Gasteiger partial charge on any atom is 0.223 e. The lowest BCUT2D eigenvalue weighted by atomic mass is 10.2. The van der Waals surface area contributed by atoms with E-state index in [1.807, 2.05) is 6.92 Å². The van der Waals surface area contributed by atoms with Crippen molar-refractivity contribution in [3.63, 3.8) is 0 Å². The molecule has 2 rings (SSSR count). The Morgan fingerprint density at radius 1 is 1.25 bits per heavy atom. The molecule has 0 unspecified atom stereocenters. The molecule has 0 amide bonds. The Morgan fingerprint density at radius 2 is 2.06 bits per heavy atom. The molecule has 2 aromatic rings. The topological polar surface area (TPSA) is 64.7 Å². The lowest BCUT2D eigenvalue weighted by molar-refractivity contribution is 0.628. The highest BCUT2D eigenvalue weighted by Crippen LogP contribution is 2.16. The molecule has 0 aliphatic heterocycles. The first kappa shape index (κ1) is 10.5. The number of aromatic nitrogens is 3. The summed E-state index contributed by atoms with van der Waals surface area (Å²) in [6.45, 7) is 1.92. The zero-order chi connectivity index (χ0) is 11.5. The number of rotatable bonds is 2. The highest BCUT2D eigenvalue weighted by molar-refractivity contribution is 5.55. The number of hydrogen-bond donors (Lipinski definition) is 1. The maximum absolute atomic E-state index is 13.0. The molecule has 0 bridgehead atoms. The molecule has 0 spiro atoms. The number of aryl methyl sites for hydroxylation is 1. The molecule has 16 heavy (non-hydrogen) atoms. The third-order valence-electron chi connectivity index (χ3n) is 2.10. The first-order chi connectivity index (χ1) is 7.69. The zero-order valence-corrected chi connectivity index (χ0v) is 8.81. The molecule has 0 aliphatic rings. The van der Waals surface area contributed by atoms with E-state index in [-0.39, 0.29) is 11.8 Å². The fourth-order valence-corrected chi connectivity index (χ4v) is 1.35. The standard InChI is InChI=1S/C11H11FN4/c1-2-9-14-10(16-11(13)15-9)7-4-3-5-8(12)6-7/h3-6H,2H2,1H3,(H2,13,14,15,16). The monoisotopic (exact) mass is 218 g/mol. The second-order valence-electron chi connectivity index (χ2n) is 3.30. The lowest BCUT2D eigenvalue weighted by Crippen LogP contribution is -2.04. The minimum Gasteiger partial charge on any atom is -0.368 e. The van der Waals surface area contributed by atoms with Crippen molar-refractivity contribution in [1.82, 2.24) is 15.0 Å². The molecule has 0 fully saturated rings. The van der Waals surface area contributed by atoms with Gasteiger partial charge in [-0.1, -0.05) is 19.1 Å². The van der Waals surface area contributed by atoms with Crippen LogP contribution in [-0.2, 0) is 6.42 Å². The van der Waals surface area contributed by atoms with Gasteiger partial charge in [0, 0.05) is 12.0 Å². The van der Waals surface area contributed by atoms with Crippen molar-refractivity contribution in [1.29, 1.82) is 0 Å². The van der Waals surface area contributed by atoms with Crippen molar-refractivity contribution < 1.29 is 4.39 Å². The normalized spacial score (nSPS) is 10.4. The number of nitrogens with zero attached hydrogens (tertiary/aromatic N) is 3. The van der Waals surface area contributed by atoms with Gasteiger partial charge in [0.2, 0.25) is 5.95 Å². The average molecular weight is 218 g/mol. The first-order valence-electron chi connectivity index (χ1n) is 4.95. The number of hydrogen-bond acceptors (Lipinski definition) is 4. The summed E-state index contributed by atoms with van der Waals surface area (Å²) in [4.78, 5) is 12.1. The number of anilines is 1. The molecule has 1 aromatic carbocycles. The van der Waals surface area contributed by atoms with Crippen LogP contribution in [0.15, 0.2) is 24.3 Å². The van der Waals surface area contributed by atoms with Crippen molar-refractivity contribution >= 4 is 5.95 Å². The molecule has 0 aliphatic carbocycles. The third-order valence-corrected chi connectivity index (χ3v) is 2.10. The minimum absolute atomic E-state index is 0.158. The van der Waals surface area contributed by atoms with E-state index >= 15 is 0 Å². The summed E-state index contributed by atoms with van der Waals surface area (Å²) in [5.41, 5.74) is 6.16. The van der Waals surface area contributed by atoms with Crippen LogP contribution in [0.1, 0.15) is 12.7 Å². The maximum atomic E-state index is 13.0. The average Bonchev–Trinajstić information content (AvgIpc) is 2.28. The van der Waals surface area contributed by atoms with Crippen LogP contribution < -0.4 is 5.73 Å². The molecule has 0 saturated carbocycles. The molecule has 0 radical (unpaired) electrons. The van der Waals surface area contributed by atoms with Crippen molar-refractivity contribution in [3.8, 4) is 11.4 Å². The van der Waals surface area contributed by atoms with Gasteiger partial charge in [-0.2, -0.15) is 9.97 Å². The number of nitrogen functional groups attached to an aromatic ring is 1. The predicted molar refractivity (Wildman–Crippen MR) is 59.0 cm³/mol. The number of benzene rings is 1. The molecule has 0 atom stereocenters. The Morgan fingerprint density at radius 3 is 2.75 bits per heavy atom. The molecule has 1 heterocycles. The summed E-state index contributed by atoms with van der Waals surface area (Å²) in [5.74, 6) is 0.844. The van der Waals surface area contributed by atoms with E-state index in [4.69, 9.17) is 5.73 Å². The summed E-state index contributed by atoms with van der Waals surface area (Å²) in [6.07, 6.45) is 0.662. The van der Waals surface area contributed by atoms with Crippen LogP contribution in [0.3, 0.4) is 0 Å². The van der Waals surface area contributed by atoms with Gasteiger partial charge in [-0.05, 0) is 12.1 Å². The Hall–Kier alpha value is -2.04. The van der Waals surface area contributed by atoms with Crippen LogP contribution in [0.4, 0.5) is 10.3 Å². The van der Waals surface area contributed by atoms with Gasteiger partial charge in [-0.15, -0.1) is 0 Å². The summed E-state index contributed by atoms with van der Waals surface area (Å²) in [5, 5.41) is 0. The van der Waals surface area contributed by atoms with E-state index in [2.05, 4.69) is 15.0 Å². The van der Waals surface area contributed by atoms with Gasteiger partial charge >= 0.3 is 0 Å². The number of nitrogens with two attached hydrogens (primary N) is 1. The summed E-state index contributed by atoms with van der Waals surface area (Å²) < 4.78 is 13.0. The second-order valence-corrected chi connectivity index (χ2v) is 3.30. The van der Waals surface area contributed by atoms with Crippen molar-refractivity contribution in [2.24, 2.45) is 0 Å². The smallest absolute Gasteiger partial charge is 0.223 e. The van der Waals surface area contributed by atoms with Crippen LogP contribution in [0.25, 0.3) is 11.4 Å². The third kappa shape index (κ3) is 2.13. The van der Waals surface area contributed by atoms with Crippen molar-refractivity contribution in [3.05, 3.63) is 35.9 Å². The Balaban J connectivity index is 2.51. The summed E-state index contributed by atoms with van der Waals surface area (Å²) >= 11 is 0. The SMILES string of the molecule is CCc1nc(N)nc(-c2cccc(F)c2)n1. The lowest BCUT2D eigenvalue weighted by Gasteiger charge is -2.03. The largest absolute Gasteiger partial charge is 0.368 e. The minimum atomic E-state index is -0.325. The van der Waals surface area contributed by atoms with Gasteiger partial charge < -0.3 is 5.73 Å². The quantitative estimate of drug-likeness (QED) is 0.835. The van der Waals surface area contributed by atoms with Crippen molar-refractivity contribution in [2.75, 3.05) is 5.73 Å². The van der Waals surface area contributed by atoms with E-state index in [0.717, 1.165) is 0 Å². The fraction of sp³-hybridized carbons (Fsp3) is 0.182. The van der Waals surface area contributed by atoms with Gasteiger partial charge in [0.15, 0.2) is 5.82 Å². The van der Waals surface area contributed by atoms with E-state index in [1.54, 1.807) is 12.1 Å². The molecular weight excluding hydrogens is 207 g/mol. The van der Waals surface area contributed by atoms with Gasteiger partial charge in [0.25, 0.3) is 0 Å². The highest BCUT2D eigenvalue weighted by Gasteiger charge is 2.06. The molecule has 2 N–H and O–H groups in total. The molecule has 5 heteroatoms. The van der Waals surface area contributed by atoms with E-state index in [1.165, 1.54) is 12.1 Å². The number of halogens is 1. The summed E-state index contributed by atoms with van der Waals surface area (Å²) in [7, 11) is 0. The van der Waals surface area contributed by atoms with Crippen molar-refractivity contribution in [2.45, 2.75) is 13.3 Å². The first-order valence-corrected chi connectivity index (χ1v) is 4.95. The molecule has 4 nitrogen and oxygen atoms in total. The van der Waals surface area contributed by atoms with E-state index in [9.17, 15) is 4.39 Å². The van der Waals surface area contributed by atoms with Crippen LogP contribution in [0.2, 0.25) is 0 Å². The van der Waals surface area contributed by atoms with Crippen LogP contribution >= 0.6 is 0 Å². The van der Waals surface area contributed by atoms with E-state index in [0.29, 0.717) is 23.6 Å². The van der Waals surface area contributed by atoms with Gasteiger partial charge in [-0.3, -0.25) is 0 Å². The second kappa shape index (κ2) is 4.22. The fourth-order valence-electron chi connectivity index (χ4n) is 1.35.